The summed E-state index contributed by atoms with van der Waals surface area (Å²) < 4.78 is 1.68. The van der Waals surface area contributed by atoms with Gasteiger partial charge in [0.25, 0.3) is 5.56 Å². The first-order chi connectivity index (χ1) is 14.4. The predicted octanol–water partition coefficient (Wildman–Crippen LogP) is 3.23. The molecule has 0 atom stereocenters. The summed E-state index contributed by atoms with van der Waals surface area (Å²) in [6.07, 6.45) is 4.46. The van der Waals surface area contributed by atoms with Gasteiger partial charge in [0.1, 0.15) is 5.82 Å². The van der Waals surface area contributed by atoms with Crippen molar-refractivity contribution in [3.63, 3.8) is 0 Å². The van der Waals surface area contributed by atoms with Crippen LogP contribution in [0.1, 0.15) is 23.4 Å². The number of rotatable bonds is 4. The number of benzene rings is 2. The molecule has 1 amide bonds. The summed E-state index contributed by atoms with van der Waals surface area (Å²) in [6.45, 7) is 2.61. The third kappa shape index (κ3) is 3.91. The van der Waals surface area contributed by atoms with Gasteiger partial charge < -0.3 is 10.4 Å². The van der Waals surface area contributed by atoms with Crippen LogP contribution in [0.15, 0.2) is 59.4 Å². The van der Waals surface area contributed by atoms with E-state index in [-0.39, 0.29) is 5.56 Å². The lowest BCUT2D eigenvalue weighted by molar-refractivity contribution is -0.131. The Morgan fingerprint density at radius 2 is 2.00 bits per heavy atom. The molecule has 3 aromatic rings. The number of aliphatic carboxylic acids is 1. The molecule has 1 aliphatic rings. The van der Waals surface area contributed by atoms with Crippen LogP contribution in [0.25, 0.3) is 22.6 Å². The van der Waals surface area contributed by atoms with Crippen molar-refractivity contribution < 1.29 is 14.7 Å². The molecule has 7 heteroatoms. The van der Waals surface area contributed by atoms with Crippen LogP contribution < -0.4 is 10.9 Å². The summed E-state index contributed by atoms with van der Waals surface area (Å²) in [5.74, 6) is -1.15. The number of hydrogen-bond acceptors (Lipinski definition) is 4. The maximum Gasteiger partial charge on any atom is 0.328 e. The highest BCUT2D eigenvalue weighted by atomic mass is 16.4. The van der Waals surface area contributed by atoms with Crippen LogP contribution in [0, 0.1) is 6.92 Å². The van der Waals surface area contributed by atoms with Gasteiger partial charge in [-0.3, -0.25) is 14.2 Å². The first-order valence-corrected chi connectivity index (χ1v) is 9.45. The fourth-order valence-electron chi connectivity index (χ4n) is 3.52. The molecule has 0 unspecified atom stereocenters. The molecule has 30 heavy (non-hydrogen) atoms. The molecule has 0 bridgehead atoms. The molecule has 0 fully saturated rings. The molecule has 150 valence electrons. The molecule has 0 saturated heterocycles. The molecular formula is C23H19N3O4. The minimum Gasteiger partial charge on any atom is -0.478 e. The first kappa shape index (κ1) is 19.3. The Morgan fingerprint density at radius 1 is 1.17 bits per heavy atom. The van der Waals surface area contributed by atoms with Crippen molar-refractivity contribution in [1.29, 1.82) is 0 Å². The number of aryl methyl sites for hydroxylation is 1. The van der Waals surface area contributed by atoms with Gasteiger partial charge in [0.05, 0.1) is 10.9 Å². The van der Waals surface area contributed by atoms with E-state index in [1.807, 2.05) is 31.2 Å². The Morgan fingerprint density at radius 3 is 2.77 bits per heavy atom. The number of allylic oxidation sites excluding steroid dienone is 1. The zero-order chi connectivity index (χ0) is 21.3. The van der Waals surface area contributed by atoms with Gasteiger partial charge in [-0.25, -0.2) is 9.78 Å². The van der Waals surface area contributed by atoms with E-state index in [1.165, 1.54) is 0 Å². The van der Waals surface area contributed by atoms with Crippen LogP contribution in [0.5, 0.6) is 0 Å². The number of carboxylic acids is 1. The van der Waals surface area contributed by atoms with Crippen molar-refractivity contribution in [2.45, 2.75) is 19.9 Å². The fraction of sp³-hybridized carbons (Fsp3) is 0.130. The van der Waals surface area contributed by atoms with Crippen molar-refractivity contribution >= 4 is 40.1 Å². The predicted molar refractivity (Wildman–Crippen MR) is 115 cm³/mol. The first-order valence-electron chi connectivity index (χ1n) is 9.45. The van der Waals surface area contributed by atoms with Crippen LogP contribution in [0.3, 0.4) is 0 Å². The number of nitrogens with zero attached hydrogens (tertiary/aromatic N) is 2. The third-order valence-electron chi connectivity index (χ3n) is 4.88. The van der Waals surface area contributed by atoms with Crippen molar-refractivity contribution in [2.75, 3.05) is 5.32 Å². The van der Waals surface area contributed by atoms with E-state index < -0.39 is 11.9 Å². The number of amides is 1. The standard InChI is InChI=1S/C23H19N3O4/c1-14-3-2-4-15(11-14)12-16-9-10-26-22(16)25-19-13-17(5-6-18(19)23(26)30)24-20(27)7-8-21(28)29/h2-8,11-13H,9-10H2,1H3,(H,24,27)(H,28,29)/b8-7-,16-12?. The highest BCUT2D eigenvalue weighted by Crippen LogP contribution is 2.28. The summed E-state index contributed by atoms with van der Waals surface area (Å²) >= 11 is 0. The SMILES string of the molecule is Cc1cccc(C=C2CCn3c2nc2cc(NC(=O)/C=C\C(=O)O)ccc2c3=O)c1. The summed E-state index contributed by atoms with van der Waals surface area (Å²) in [5, 5.41) is 11.7. The molecule has 1 aromatic heterocycles. The average Bonchev–Trinajstić information content (AvgIpc) is 3.09. The van der Waals surface area contributed by atoms with Crippen LogP contribution in [0.4, 0.5) is 5.69 Å². The van der Waals surface area contributed by atoms with E-state index in [2.05, 4.69) is 11.4 Å². The molecule has 7 nitrogen and oxygen atoms in total. The number of carboxylic acid groups (broad SMARTS) is 1. The molecule has 2 heterocycles. The summed E-state index contributed by atoms with van der Waals surface area (Å²) in [5.41, 5.74) is 3.98. The van der Waals surface area contributed by atoms with E-state index in [0.717, 1.165) is 35.3 Å². The number of fused-ring (bicyclic) bond motifs is 2. The molecular weight excluding hydrogens is 382 g/mol. The lowest BCUT2D eigenvalue weighted by Gasteiger charge is -2.08. The van der Waals surface area contributed by atoms with Gasteiger partial charge in [-0.1, -0.05) is 29.8 Å². The van der Waals surface area contributed by atoms with E-state index in [0.29, 0.717) is 29.0 Å². The smallest absolute Gasteiger partial charge is 0.328 e. The Bertz CT molecular complexity index is 1300. The van der Waals surface area contributed by atoms with Gasteiger partial charge in [0, 0.05) is 24.4 Å². The van der Waals surface area contributed by atoms with Crippen LogP contribution >= 0.6 is 0 Å². The van der Waals surface area contributed by atoms with Gasteiger partial charge in [0.2, 0.25) is 5.91 Å². The Balaban J connectivity index is 1.72. The highest BCUT2D eigenvalue weighted by Gasteiger charge is 2.21. The van der Waals surface area contributed by atoms with E-state index in [4.69, 9.17) is 10.1 Å². The van der Waals surface area contributed by atoms with Crippen LogP contribution in [0.2, 0.25) is 0 Å². The summed E-state index contributed by atoms with van der Waals surface area (Å²) in [7, 11) is 0. The normalized spacial score (nSPS) is 14.4. The lowest BCUT2D eigenvalue weighted by Crippen LogP contribution is -2.21. The number of hydrogen-bond donors (Lipinski definition) is 2. The number of nitrogens with one attached hydrogen (secondary N) is 1. The molecule has 1 aliphatic heterocycles. The van der Waals surface area contributed by atoms with Gasteiger partial charge in [-0.05, 0) is 48.8 Å². The maximum absolute atomic E-state index is 12.9. The Labute approximate surface area is 172 Å². The van der Waals surface area contributed by atoms with E-state index in [9.17, 15) is 14.4 Å². The second-order valence-corrected chi connectivity index (χ2v) is 7.12. The number of aromatic nitrogens is 2. The third-order valence-corrected chi connectivity index (χ3v) is 4.88. The second-order valence-electron chi connectivity index (χ2n) is 7.12. The van der Waals surface area contributed by atoms with Gasteiger partial charge >= 0.3 is 5.97 Å². The zero-order valence-electron chi connectivity index (χ0n) is 16.3. The maximum atomic E-state index is 12.9. The van der Waals surface area contributed by atoms with Crippen molar-refractivity contribution in [3.8, 4) is 0 Å². The quantitative estimate of drug-likeness (QED) is 0.654. The van der Waals surface area contributed by atoms with Gasteiger partial charge in [-0.15, -0.1) is 0 Å². The van der Waals surface area contributed by atoms with Crippen molar-refractivity contribution in [3.05, 3.63) is 81.9 Å². The van der Waals surface area contributed by atoms with Crippen LogP contribution in [-0.4, -0.2) is 26.5 Å². The van der Waals surface area contributed by atoms with Crippen molar-refractivity contribution in [1.82, 2.24) is 9.55 Å². The van der Waals surface area contributed by atoms with E-state index >= 15 is 0 Å². The average molecular weight is 401 g/mol. The monoisotopic (exact) mass is 401 g/mol. The fourth-order valence-corrected chi connectivity index (χ4v) is 3.52. The van der Waals surface area contributed by atoms with Gasteiger partial charge in [-0.2, -0.15) is 0 Å². The largest absolute Gasteiger partial charge is 0.478 e. The summed E-state index contributed by atoms with van der Waals surface area (Å²) in [4.78, 5) is 40.0. The zero-order valence-corrected chi connectivity index (χ0v) is 16.3. The number of anilines is 1. The molecule has 0 saturated carbocycles. The molecule has 2 N–H and O–H groups in total. The Hall–Kier alpha value is -4.00. The summed E-state index contributed by atoms with van der Waals surface area (Å²) in [6, 6.07) is 13.0. The Kier molecular flexibility index (Phi) is 5.02. The topological polar surface area (TPSA) is 101 Å². The molecule has 0 radical (unpaired) electrons. The molecule has 0 spiro atoms. The van der Waals surface area contributed by atoms with Gasteiger partial charge in [0.15, 0.2) is 0 Å². The highest BCUT2D eigenvalue weighted by molar-refractivity contribution is 6.03. The molecule has 0 aliphatic carbocycles. The lowest BCUT2D eigenvalue weighted by atomic mass is 10.1. The second kappa shape index (κ2) is 7.79. The van der Waals surface area contributed by atoms with Crippen LogP contribution in [-0.2, 0) is 16.1 Å². The molecule has 4 rings (SSSR count). The molecule has 2 aromatic carbocycles. The van der Waals surface area contributed by atoms with Crippen molar-refractivity contribution in [2.24, 2.45) is 0 Å². The van der Waals surface area contributed by atoms with E-state index in [1.54, 1.807) is 22.8 Å². The number of carbonyl (C=O) groups excluding carboxylic acids is 1. The minimum absolute atomic E-state index is 0.119. The minimum atomic E-state index is -1.21. The number of carbonyl (C=O) groups is 2.